The number of amides is 1. The third-order valence-corrected chi connectivity index (χ3v) is 6.47. The molecule has 1 aliphatic heterocycles. The molecule has 1 amide bonds. The van der Waals surface area contributed by atoms with Crippen LogP contribution in [-0.4, -0.2) is 49.0 Å². The summed E-state index contributed by atoms with van der Waals surface area (Å²) in [5.41, 5.74) is 4.17. The number of aryl methyl sites for hydroxylation is 1. The van der Waals surface area contributed by atoms with Crippen LogP contribution < -0.4 is 10.1 Å². The molecule has 3 aromatic rings. The molecule has 1 fully saturated rings. The van der Waals surface area contributed by atoms with Crippen LogP contribution in [0.15, 0.2) is 65.4 Å². The zero-order valence-corrected chi connectivity index (χ0v) is 18.9. The van der Waals surface area contributed by atoms with Gasteiger partial charge in [-0.2, -0.15) is 11.3 Å². The number of piperazine rings is 1. The summed E-state index contributed by atoms with van der Waals surface area (Å²) < 4.78 is 5.46. The van der Waals surface area contributed by atoms with E-state index in [-0.39, 0.29) is 11.9 Å². The number of carbonyl (C=O) groups is 1. The van der Waals surface area contributed by atoms with Gasteiger partial charge in [0.05, 0.1) is 12.8 Å². The van der Waals surface area contributed by atoms with E-state index in [0.717, 1.165) is 43.9 Å². The maximum atomic E-state index is 13.5. The highest BCUT2D eigenvalue weighted by atomic mass is 32.1. The second-order valence-electron chi connectivity index (χ2n) is 7.95. The van der Waals surface area contributed by atoms with Gasteiger partial charge in [0.15, 0.2) is 0 Å². The standard InChI is InChI=1S/C25H29N3O2S/c1-19-8-9-23(30-2)22(16-19)26-25(29)24(21-6-4-3-5-7-21)28-13-11-27(12-14-28)17-20-10-15-31-18-20/h3-10,15-16,18,24H,11-14,17H2,1-2H3,(H,26,29)/t24-/m0/s1. The van der Waals surface area contributed by atoms with Gasteiger partial charge in [0.2, 0.25) is 5.91 Å². The van der Waals surface area contributed by atoms with E-state index in [2.05, 4.69) is 31.9 Å². The molecule has 1 aromatic heterocycles. The minimum absolute atomic E-state index is 0.0265. The molecule has 1 aliphatic rings. The number of hydrogen-bond donors (Lipinski definition) is 1. The molecule has 31 heavy (non-hydrogen) atoms. The molecule has 0 radical (unpaired) electrons. The van der Waals surface area contributed by atoms with Crippen LogP contribution in [0.2, 0.25) is 0 Å². The molecule has 162 valence electrons. The molecule has 2 heterocycles. The van der Waals surface area contributed by atoms with Crippen LogP contribution in [0.4, 0.5) is 5.69 Å². The monoisotopic (exact) mass is 435 g/mol. The van der Waals surface area contributed by atoms with Crippen LogP contribution in [0.25, 0.3) is 0 Å². The Morgan fingerprint density at radius 1 is 1.10 bits per heavy atom. The Hall–Kier alpha value is -2.67. The third kappa shape index (κ3) is 5.34. The Bertz CT molecular complexity index is 983. The molecule has 4 rings (SSSR count). The van der Waals surface area contributed by atoms with Crippen molar-refractivity contribution in [1.29, 1.82) is 0 Å². The largest absolute Gasteiger partial charge is 0.495 e. The first-order valence-corrected chi connectivity index (χ1v) is 11.6. The number of carbonyl (C=O) groups excluding carboxylic acids is 1. The number of ether oxygens (including phenoxy) is 1. The van der Waals surface area contributed by atoms with E-state index in [1.165, 1.54) is 5.56 Å². The van der Waals surface area contributed by atoms with Gasteiger partial charge in [-0.15, -0.1) is 0 Å². The topological polar surface area (TPSA) is 44.8 Å². The van der Waals surface area contributed by atoms with Crippen molar-refractivity contribution in [3.63, 3.8) is 0 Å². The summed E-state index contributed by atoms with van der Waals surface area (Å²) >= 11 is 1.74. The van der Waals surface area contributed by atoms with Gasteiger partial charge in [0, 0.05) is 32.7 Å². The number of hydrogen-bond acceptors (Lipinski definition) is 5. The summed E-state index contributed by atoms with van der Waals surface area (Å²) in [5.74, 6) is 0.646. The van der Waals surface area contributed by atoms with Crippen molar-refractivity contribution in [2.75, 3.05) is 38.6 Å². The van der Waals surface area contributed by atoms with Crippen LogP contribution in [0.5, 0.6) is 5.75 Å². The van der Waals surface area contributed by atoms with E-state index in [4.69, 9.17) is 4.74 Å². The van der Waals surface area contributed by atoms with Gasteiger partial charge in [-0.05, 0) is 52.6 Å². The normalized spacial score (nSPS) is 16.1. The van der Waals surface area contributed by atoms with Crippen LogP contribution in [0.3, 0.4) is 0 Å². The van der Waals surface area contributed by atoms with E-state index < -0.39 is 0 Å². The molecule has 1 saturated heterocycles. The van der Waals surface area contributed by atoms with Crippen molar-refractivity contribution in [3.05, 3.63) is 82.0 Å². The smallest absolute Gasteiger partial charge is 0.246 e. The van der Waals surface area contributed by atoms with Gasteiger partial charge >= 0.3 is 0 Å². The fourth-order valence-electron chi connectivity index (χ4n) is 4.10. The highest BCUT2D eigenvalue weighted by molar-refractivity contribution is 7.07. The first-order valence-electron chi connectivity index (χ1n) is 10.6. The molecule has 6 heteroatoms. The summed E-state index contributed by atoms with van der Waals surface area (Å²) in [6, 6.07) is 17.7. The number of nitrogens with one attached hydrogen (secondary N) is 1. The average molecular weight is 436 g/mol. The average Bonchev–Trinajstić information content (AvgIpc) is 3.29. The van der Waals surface area contributed by atoms with Gasteiger partial charge in [-0.3, -0.25) is 14.6 Å². The second-order valence-corrected chi connectivity index (χ2v) is 8.73. The van der Waals surface area contributed by atoms with Crippen molar-refractivity contribution >= 4 is 22.9 Å². The molecule has 1 N–H and O–H groups in total. The molecule has 0 spiro atoms. The van der Waals surface area contributed by atoms with E-state index in [1.54, 1.807) is 18.4 Å². The highest BCUT2D eigenvalue weighted by Gasteiger charge is 2.31. The SMILES string of the molecule is COc1ccc(C)cc1NC(=O)[C@H](c1ccccc1)N1CCN(Cc2ccsc2)CC1. The van der Waals surface area contributed by atoms with E-state index >= 15 is 0 Å². The number of benzene rings is 2. The van der Waals surface area contributed by atoms with Crippen molar-refractivity contribution in [3.8, 4) is 5.75 Å². The number of anilines is 1. The molecule has 0 aliphatic carbocycles. The van der Waals surface area contributed by atoms with E-state index in [0.29, 0.717) is 11.4 Å². The summed E-state index contributed by atoms with van der Waals surface area (Å²) in [7, 11) is 1.63. The minimum atomic E-state index is -0.338. The van der Waals surface area contributed by atoms with Crippen molar-refractivity contribution in [2.45, 2.75) is 19.5 Å². The second kappa shape index (κ2) is 10.1. The Kier molecular flexibility index (Phi) is 7.02. The molecular formula is C25H29N3O2S. The van der Waals surface area contributed by atoms with Gasteiger partial charge in [-0.25, -0.2) is 0 Å². The number of rotatable bonds is 7. The summed E-state index contributed by atoms with van der Waals surface area (Å²) in [6.07, 6.45) is 0. The van der Waals surface area contributed by atoms with Crippen LogP contribution in [0, 0.1) is 6.92 Å². The Balaban J connectivity index is 1.50. The van der Waals surface area contributed by atoms with Gasteiger partial charge in [0.25, 0.3) is 0 Å². The summed E-state index contributed by atoms with van der Waals surface area (Å²) in [4.78, 5) is 18.3. The minimum Gasteiger partial charge on any atom is -0.495 e. The van der Waals surface area contributed by atoms with Gasteiger partial charge < -0.3 is 10.1 Å². The highest BCUT2D eigenvalue weighted by Crippen LogP contribution is 2.29. The summed E-state index contributed by atoms with van der Waals surface area (Å²) in [6.45, 7) is 6.57. The zero-order valence-electron chi connectivity index (χ0n) is 18.1. The lowest BCUT2D eigenvalue weighted by Crippen LogP contribution is -2.49. The molecule has 0 saturated carbocycles. The van der Waals surface area contributed by atoms with Gasteiger partial charge in [0.1, 0.15) is 11.8 Å². The zero-order chi connectivity index (χ0) is 21.6. The fraction of sp³-hybridized carbons (Fsp3) is 0.320. The fourth-order valence-corrected chi connectivity index (χ4v) is 4.76. The predicted molar refractivity (Wildman–Crippen MR) is 127 cm³/mol. The number of methoxy groups -OCH3 is 1. The van der Waals surface area contributed by atoms with Crippen molar-refractivity contribution in [1.82, 2.24) is 9.80 Å². The van der Waals surface area contributed by atoms with E-state index in [1.807, 2.05) is 55.5 Å². The Morgan fingerprint density at radius 3 is 2.55 bits per heavy atom. The summed E-state index contributed by atoms with van der Waals surface area (Å²) in [5, 5.41) is 7.46. The first kappa shape index (κ1) is 21.6. The lowest BCUT2D eigenvalue weighted by molar-refractivity contribution is -0.122. The predicted octanol–water partition coefficient (Wildman–Crippen LogP) is 4.56. The van der Waals surface area contributed by atoms with Crippen LogP contribution >= 0.6 is 11.3 Å². The van der Waals surface area contributed by atoms with Crippen molar-refractivity contribution in [2.24, 2.45) is 0 Å². The van der Waals surface area contributed by atoms with Crippen LogP contribution in [0.1, 0.15) is 22.7 Å². The number of thiophene rings is 1. The Morgan fingerprint density at radius 2 is 1.87 bits per heavy atom. The quantitative estimate of drug-likeness (QED) is 0.591. The maximum absolute atomic E-state index is 13.5. The molecule has 1 atom stereocenters. The maximum Gasteiger partial charge on any atom is 0.246 e. The first-order chi connectivity index (χ1) is 15.1. The molecule has 0 bridgehead atoms. The Labute approximate surface area is 188 Å². The van der Waals surface area contributed by atoms with E-state index in [9.17, 15) is 4.79 Å². The third-order valence-electron chi connectivity index (χ3n) is 5.73. The molecular weight excluding hydrogens is 406 g/mol. The van der Waals surface area contributed by atoms with Crippen LogP contribution in [-0.2, 0) is 11.3 Å². The van der Waals surface area contributed by atoms with Crippen molar-refractivity contribution < 1.29 is 9.53 Å². The molecule has 2 aromatic carbocycles. The number of nitrogens with zero attached hydrogens (tertiary/aromatic N) is 2. The lowest BCUT2D eigenvalue weighted by atomic mass is 10.0. The van der Waals surface area contributed by atoms with Gasteiger partial charge in [-0.1, -0.05) is 36.4 Å². The molecule has 0 unspecified atom stereocenters. The molecule has 5 nitrogen and oxygen atoms in total. The lowest BCUT2D eigenvalue weighted by Gasteiger charge is -2.38.